The molecule has 1 aromatic rings. The Labute approximate surface area is 124 Å². The number of aliphatic hydroxyl groups excluding tert-OH is 1. The first-order chi connectivity index (χ1) is 9.93. The molecule has 5 nitrogen and oxygen atoms in total. The Morgan fingerprint density at radius 1 is 1.33 bits per heavy atom. The summed E-state index contributed by atoms with van der Waals surface area (Å²) in [5.74, 6) is 4.66. The van der Waals surface area contributed by atoms with Gasteiger partial charge in [-0.3, -0.25) is 9.59 Å². The minimum absolute atomic E-state index is 0.0276. The lowest BCUT2D eigenvalue weighted by atomic mass is 10.0. The number of nitrogens with one attached hydrogen (secondary N) is 2. The number of hydrogen-bond acceptors (Lipinski definition) is 3. The number of aryl methyl sites for hydroxylation is 1. The quantitative estimate of drug-likeness (QED) is 0.710. The summed E-state index contributed by atoms with van der Waals surface area (Å²) in [6, 6.07) is 5.26. The first-order valence-electron chi connectivity index (χ1n) is 6.72. The van der Waals surface area contributed by atoms with Crippen LogP contribution < -0.4 is 10.6 Å². The number of rotatable bonds is 4. The predicted octanol–water partition coefficient (Wildman–Crippen LogP) is 0.593. The molecular formula is C16H20N2O3. The van der Waals surface area contributed by atoms with Gasteiger partial charge in [0.25, 0.3) is 5.91 Å². The van der Waals surface area contributed by atoms with Crippen molar-refractivity contribution in [3.05, 3.63) is 34.9 Å². The summed E-state index contributed by atoms with van der Waals surface area (Å²) in [6.45, 7) is 5.23. The van der Waals surface area contributed by atoms with E-state index in [2.05, 4.69) is 22.5 Å². The van der Waals surface area contributed by atoms with Crippen molar-refractivity contribution in [2.45, 2.75) is 26.8 Å². The highest BCUT2D eigenvalue weighted by atomic mass is 16.2. The highest BCUT2D eigenvalue weighted by molar-refractivity contribution is 5.98. The van der Waals surface area contributed by atoms with Crippen LogP contribution in [0.3, 0.4) is 0 Å². The van der Waals surface area contributed by atoms with E-state index in [4.69, 9.17) is 5.11 Å². The highest BCUT2D eigenvalue weighted by Gasteiger charge is 2.12. The summed E-state index contributed by atoms with van der Waals surface area (Å²) in [7, 11) is 0. The van der Waals surface area contributed by atoms with Crippen LogP contribution in [-0.4, -0.2) is 36.1 Å². The van der Waals surface area contributed by atoms with Gasteiger partial charge in [-0.15, -0.1) is 0 Å². The van der Waals surface area contributed by atoms with E-state index in [-0.39, 0.29) is 31.0 Å². The lowest BCUT2D eigenvalue weighted by Crippen LogP contribution is -2.40. The van der Waals surface area contributed by atoms with Gasteiger partial charge in [-0.05, 0) is 38.5 Å². The second-order valence-corrected chi connectivity index (χ2v) is 4.91. The summed E-state index contributed by atoms with van der Waals surface area (Å²) in [4.78, 5) is 23.6. The fourth-order valence-corrected chi connectivity index (χ4v) is 1.72. The van der Waals surface area contributed by atoms with Crippen molar-refractivity contribution >= 4 is 11.8 Å². The smallest absolute Gasteiger partial charge is 0.252 e. The average Bonchev–Trinajstić information content (AvgIpc) is 2.42. The zero-order valence-electron chi connectivity index (χ0n) is 12.5. The van der Waals surface area contributed by atoms with Crippen LogP contribution in [0.4, 0.5) is 0 Å². The molecule has 0 saturated heterocycles. The average molecular weight is 288 g/mol. The summed E-state index contributed by atoms with van der Waals surface area (Å²) < 4.78 is 0. The van der Waals surface area contributed by atoms with E-state index in [0.29, 0.717) is 11.1 Å². The standard InChI is InChI=1S/C16H20N2O3/c1-11(2)18-15(20)10-17-16(21)14-7-6-12(3)9-13(14)5-4-8-19/h6-7,9,11,19H,8,10H2,1-3H3,(H,17,21)(H,18,20). The third kappa shape index (κ3) is 5.67. The molecule has 5 heteroatoms. The number of carbonyl (C=O) groups excluding carboxylic acids is 2. The number of carbonyl (C=O) groups is 2. The molecule has 0 bridgehead atoms. The summed E-state index contributed by atoms with van der Waals surface area (Å²) in [5.41, 5.74) is 1.89. The first kappa shape index (κ1) is 16.7. The molecule has 112 valence electrons. The Morgan fingerprint density at radius 2 is 2.05 bits per heavy atom. The normalized spacial score (nSPS) is 9.76. The summed E-state index contributed by atoms with van der Waals surface area (Å²) >= 11 is 0. The van der Waals surface area contributed by atoms with Crippen LogP contribution in [0.5, 0.6) is 0 Å². The SMILES string of the molecule is Cc1ccc(C(=O)NCC(=O)NC(C)C)c(C#CCO)c1. The molecule has 0 aliphatic carbocycles. The maximum Gasteiger partial charge on any atom is 0.252 e. The van der Waals surface area contributed by atoms with Crippen LogP contribution in [-0.2, 0) is 4.79 Å². The van der Waals surface area contributed by atoms with Gasteiger partial charge in [0.05, 0.1) is 12.1 Å². The van der Waals surface area contributed by atoms with E-state index in [9.17, 15) is 9.59 Å². The fraction of sp³-hybridized carbons (Fsp3) is 0.375. The maximum atomic E-state index is 12.1. The van der Waals surface area contributed by atoms with Crippen LogP contribution >= 0.6 is 0 Å². The van der Waals surface area contributed by atoms with E-state index in [1.54, 1.807) is 18.2 Å². The minimum atomic E-state index is -0.365. The van der Waals surface area contributed by atoms with Gasteiger partial charge in [-0.2, -0.15) is 0 Å². The van der Waals surface area contributed by atoms with Crippen LogP contribution in [0, 0.1) is 18.8 Å². The van der Waals surface area contributed by atoms with Crippen molar-refractivity contribution in [2.24, 2.45) is 0 Å². The molecule has 0 unspecified atom stereocenters. The van der Waals surface area contributed by atoms with Gasteiger partial charge >= 0.3 is 0 Å². The largest absolute Gasteiger partial charge is 0.384 e. The Balaban J connectivity index is 2.80. The van der Waals surface area contributed by atoms with E-state index in [1.165, 1.54) is 0 Å². The molecular weight excluding hydrogens is 268 g/mol. The third-order valence-electron chi connectivity index (χ3n) is 2.58. The van der Waals surface area contributed by atoms with Crippen LogP contribution in [0.1, 0.15) is 35.3 Å². The number of amides is 2. The van der Waals surface area contributed by atoms with Crippen LogP contribution in [0.15, 0.2) is 18.2 Å². The van der Waals surface area contributed by atoms with E-state index in [0.717, 1.165) is 5.56 Å². The zero-order chi connectivity index (χ0) is 15.8. The van der Waals surface area contributed by atoms with Gasteiger partial charge in [0.2, 0.25) is 5.91 Å². The van der Waals surface area contributed by atoms with Crippen molar-refractivity contribution in [2.75, 3.05) is 13.2 Å². The third-order valence-corrected chi connectivity index (χ3v) is 2.58. The van der Waals surface area contributed by atoms with E-state index < -0.39 is 0 Å². The van der Waals surface area contributed by atoms with Crippen molar-refractivity contribution in [3.63, 3.8) is 0 Å². The molecule has 0 fully saturated rings. The first-order valence-corrected chi connectivity index (χ1v) is 6.72. The summed E-state index contributed by atoms with van der Waals surface area (Å²) in [5, 5.41) is 14.0. The van der Waals surface area contributed by atoms with Gasteiger partial charge in [0, 0.05) is 11.6 Å². The molecule has 0 atom stereocenters. The molecule has 2 amide bonds. The second kappa shape index (κ2) is 8.08. The molecule has 1 aromatic carbocycles. The molecule has 0 aliphatic heterocycles. The molecule has 1 rings (SSSR count). The minimum Gasteiger partial charge on any atom is -0.384 e. The number of hydrogen-bond donors (Lipinski definition) is 3. The van der Waals surface area contributed by atoms with Gasteiger partial charge < -0.3 is 15.7 Å². The highest BCUT2D eigenvalue weighted by Crippen LogP contribution is 2.10. The van der Waals surface area contributed by atoms with Crippen molar-refractivity contribution < 1.29 is 14.7 Å². The Kier molecular flexibility index (Phi) is 6.44. The lowest BCUT2D eigenvalue weighted by Gasteiger charge is -2.10. The van der Waals surface area contributed by atoms with Crippen molar-refractivity contribution in [3.8, 4) is 11.8 Å². The molecule has 21 heavy (non-hydrogen) atoms. The number of benzene rings is 1. The Hall–Kier alpha value is -2.32. The van der Waals surface area contributed by atoms with Crippen LogP contribution in [0.2, 0.25) is 0 Å². The monoisotopic (exact) mass is 288 g/mol. The van der Waals surface area contributed by atoms with Gasteiger partial charge in [0.1, 0.15) is 6.61 Å². The molecule has 3 N–H and O–H groups in total. The topological polar surface area (TPSA) is 78.4 Å². The van der Waals surface area contributed by atoms with Crippen molar-refractivity contribution in [1.29, 1.82) is 0 Å². The number of aliphatic hydroxyl groups is 1. The van der Waals surface area contributed by atoms with Crippen molar-refractivity contribution in [1.82, 2.24) is 10.6 Å². The Morgan fingerprint density at radius 3 is 2.67 bits per heavy atom. The van der Waals surface area contributed by atoms with Crippen LogP contribution in [0.25, 0.3) is 0 Å². The van der Waals surface area contributed by atoms with Gasteiger partial charge in [-0.25, -0.2) is 0 Å². The molecule has 0 saturated carbocycles. The molecule has 0 heterocycles. The fourth-order valence-electron chi connectivity index (χ4n) is 1.72. The molecule has 0 aliphatic rings. The molecule has 0 aromatic heterocycles. The zero-order valence-corrected chi connectivity index (χ0v) is 12.5. The van der Waals surface area contributed by atoms with Gasteiger partial charge in [-0.1, -0.05) is 17.9 Å². The summed E-state index contributed by atoms with van der Waals surface area (Å²) in [6.07, 6.45) is 0. The predicted molar refractivity (Wildman–Crippen MR) is 80.8 cm³/mol. The van der Waals surface area contributed by atoms with Gasteiger partial charge in [0.15, 0.2) is 0 Å². The molecule has 0 spiro atoms. The second-order valence-electron chi connectivity index (χ2n) is 4.91. The van der Waals surface area contributed by atoms with E-state index >= 15 is 0 Å². The lowest BCUT2D eigenvalue weighted by molar-refractivity contribution is -0.120. The van der Waals surface area contributed by atoms with E-state index in [1.807, 2.05) is 20.8 Å². The Bertz CT molecular complexity index is 583. The maximum absolute atomic E-state index is 12.1. The molecule has 0 radical (unpaired) electrons.